The van der Waals surface area contributed by atoms with Crippen molar-refractivity contribution in [2.75, 3.05) is 5.32 Å². The number of hydrogen-bond donors (Lipinski definition) is 1. The molecule has 0 heterocycles. The fourth-order valence-corrected chi connectivity index (χ4v) is 2.36. The molecular formula is C16H15BrF3N. The van der Waals surface area contributed by atoms with Gasteiger partial charge in [0.15, 0.2) is 0 Å². The number of benzene rings is 2. The van der Waals surface area contributed by atoms with Gasteiger partial charge in [-0.15, -0.1) is 0 Å². The lowest BCUT2D eigenvalue weighted by molar-refractivity contribution is -0.137. The Labute approximate surface area is 130 Å². The average molecular weight is 358 g/mol. The lowest BCUT2D eigenvalue weighted by atomic mass is 10.1. The van der Waals surface area contributed by atoms with Crippen LogP contribution in [0.3, 0.4) is 0 Å². The fraction of sp³-hybridized carbons (Fsp3) is 0.250. The summed E-state index contributed by atoms with van der Waals surface area (Å²) in [6.45, 7) is 3.91. The first-order valence-electron chi connectivity index (χ1n) is 6.47. The molecule has 0 bridgehead atoms. The maximum atomic E-state index is 12.5. The second-order valence-electron chi connectivity index (χ2n) is 4.95. The van der Waals surface area contributed by atoms with Crippen LogP contribution in [-0.2, 0) is 6.18 Å². The highest BCUT2D eigenvalue weighted by atomic mass is 79.9. The van der Waals surface area contributed by atoms with E-state index in [4.69, 9.17) is 0 Å². The Bertz CT molecular complexity index is 620. The molecule has 0 fully saturated rings. The van der Waals surface area contributed by atoms with Crippen molar-refractivity contribution in [2.45, 2.75) is 26.1 Å². The van der Waals surface area contributed by atoms with E-state index >= 15 is 0 Å². The molecule has 0 spiro atoms. The number of alkyl halides is 3. The third-order valence-corrected chi connectivity index (χ3v) is 4.15. The molecular weight excluding hydrogens is 343 g/mol. The van der Waals surface area contributed by atoms with Crippen LogP contribution in [-0.4, -0.2) is 0 Å². The zero-order valence-corrected chi connectivity index (χ0v) is 13.2. The molecule has 2 aromatic carbocycles. The Kier molecular flexibility index (Phi) is 4.61. The van der Waals surface area contributed by atoms with Crippen LogP contribution in [0.4, 0.5) is 18.9 Å². The summed E-state index contributed by atoms with van der Waals surface area (Å²) < 4.78 is 38.6. The first-order chi connectivity index (χ1) is 9.77. The molecule has 0 saturated heterocycles. The molecule has 1 nitrogen and oxygen atoms in total. The summed E-state index contributed by atoms with van der Waals surface area (Å²) in [5, 5.41) is 3.27. The van der Waals surface area contributed by atoms with Gasteiger partial charge in [-0.2, -0.15) is 13.2 Å². The molecule has 0 aliphatic heterocycles. The standard InChI is InChI=1S/C16H15BrF3N/c1-10-3-8-14(9-15(10)17)21-11(2)12-4-6-13(7-5-12)16(18,19)20/h3-9,11,21H,1-2H3. The second-order valence-corrected chi connectivity index (χ2v) is 5.80. The Balaban J connectivity index is 2.13. The van der Waals surface area contributed by atoms with Crippen LogP contribution in [0.2, 0.25) is 0 Å². The van der Waals surface area contributed by atoms with E-state index < -0.39 is 11.7 Å². The lowest BCUT2D eigenvalue weighted by Crippen LogP contribution is -2.08. The minimum atomic E-state index is -4.29. The molecule has 1 unspecified atom stereocenters. The van der Waals surface area contributed by atoms with Crippen molar-refractivity contribution in [3.05, 3.63) is 63.6 Å². The first kappa shape index (κ1) is 15.9. The summed E-state index contributed by atoms with van der Waals surface area (Å²) in [5.74, 6) is 0. The molecule has 0 radical (unpaired) electrons. The van der Waals surface area contributed by atoms with Crippen molar-refractivity contribution in [3.63, 3.8) is 0 Å². The highest BCUT2D eigenvalue weighted by Gasteiger charge is 2.30. The van der Waals surface area contributed by atoms with E-state index in [0.717, 1.165) is 33.4 Å². The quantitative estimate of drug-likeness (QED) is 0.715. The largest absolute Gasteiger partial charge is 0.416 e. The molecule has 0 amide bonds. The van der Waals surface area contributed by atoms with Gasteiger partial charge in [0.25, 0.3) is 0 Å². The van der Waals surface area contributed by atoms with Gasteiger partial charge in [0.05, 0.1) is 5.56 Å². The highest BCUT2D eigenvalue weighted by molar-refractivity contribution is 9.10. The molecule has 1 N–H and O–H groups in total. The number of halogens is 4. The number of hydrogen-bond acceptors (Lipinski definition) is 1. The molecule has 5 heteroatoms. The number of rotatable bonds is 3. The van der Waals surface area contributed by atoms with Gasteiger partial charge in [-0.3, -0.25) is 0 Å². The van der Waals surface area contributed by atoms with Crippen molar-refractivity contribution in [2.24, 2.45) is 0 Å². The Morgan fingerprint density at radius 3 is 2.19 bits per heavy atom. The molecule has 21 heavy (non-hydrogen) atoms. The van der Waals surface area contributed by atoms with Gasteiger partial charge in [-0.1, -0.05) is 34.1 Å². The summed E-state index contributed by atoms with van der Waals surface area (Å²) >= 11 is 3.46. The zero-order chi connectivity index (χ0) is 15.6. The Hall–Kier alpha value is -1.49. The van der Waals surface area contributed by atoms with Gasteiger partial charge < -0.3 is 5.32 Å². The van der Waals surface area contributed by atoms with Gasteiger partial charge in [-0.05, 0) is 49.2 Å². The summed E-state index contributed by atoms with van der Waals surface area (Å²) in [7, 11) is 0. The molecule has 0 saturated carbocycles. The van der Waals surface area contributed by atoms with Gasteiger partial charge in [0.1, 0.15) is 0 Å². The van der Waals surface area contributed by atoms with E-state index in [2.05, 4.69) is 21.2 Å². The smallest absolute Gasteiger partial charge is 0.378 e. The van der Waals surface area contributed by atoms with Crippen molar-refractivity contribution in [3.8, 4) is 0 Å². The molecule has 2 rings (SSSR count). The summed E-state index contributed by atoms with van der Waals surface area (Å²) in [6, 6.07) is 11.0. The van der Waals surface area contributed by atoms with Crippen LogP contribution >= 0.6 is 15.9 Å². The fourth-order valence-electron chi connectivity index (χ4n) is 1.98. The van der Waals surface area contributed by atoms with Crippen LogP contribution in [0.15, 0.2) is 46.9 Å². The van der Waals surface area contributed by atoms with Gasteiger partial charge in [0.2, 0.25) is 0 Å². The van der Waals surface area contributed by atoms with E-state index in [1.54, 1.807) is 0 Å². The Morgan fingerprint density at radius 1 is 1.05 bits per heavy atom. The topological polar surface area (TPSA) is 12.0 Å². The van der Waals surface area contributed by atoms with Gasteiger partial charge in [-0.25, -0.2) is 0 Å². The maximum Gasteiger partial charge on any atom is 0.416 e. The van der Waals surface area contributed by atoms with Crippen molar-refractivity contribution < 1.29 is 13.2 Å². The lowest BCUT2D eigenvalue weighted by Gasteiger charge is -2.17. The summed E-state index contributed by atoms with van der Waals surface area (Å²) in [6.07, 6.45) is -4.29. The summed E-state index contributed by atoms with van der Waals surface area (Å²) in [5.41, 5.74) is 2.22. The van der Waals surface area contributed by atoms with E-state index in [-0.39, 0.29) is 6.04 Å². The number of anilines is 1. The molecule has 1 atom stereocenters. The number of aryl methyl sites for hydroxylation is 1. The van der Waals surface area contributed by atoms with Crippen LogP contribution in [0.5, 0.6) is 0 Å². The Morgan fingerprint density at radius 2 is 1.67 bits per heavy atom. The van der Waals surface area contributed by atoms with Crippen LogP contribution in [0.1, 0.15) is 29.7 Å². The highest BCUT2D eigenvalue weighted by Crippen LogP contribution is 2.30. The predicted octanol–water partition coefficient (Wildman–Crippen LogP) is 5.95. The number of nitrogens with one attached hydrogen (secondary N) is 1. The molecule has 0 aliphatic carbocycles. The first-order valence-corrected chi connectivity index (χ1v) is 7.26. The normalized spacial score (nSPS) is 13.0. The van der Waals surface area contributed by atoms with E-state index in [9.17, 15) is 13.2 Å². The van der Waals surface area contributed by atoms with Crippen molar-refractivity contribution in [1.82, 2.24) is 0 Å². The van der Waals surface area contributed by atoms with Gasteiger partial charge >= 0.3 is 6.18 Å². The second kappa shape index (κ2) is 6.10. The molecule has 2 aromatic rings. The van der Waals surface area contributed by atoms with E-state index in [0.29, 0.717) is 0 Å². The monoisotopic (exact) mass is 357 g/mol. The van der Waals surface area contributed by atoms with Gasteiger partial charge in [0, 0.05) is 16.2 Å². The van der Waals surface area contributed by atoms with E-state index in [1.807, 2.05) is 32.0 Å². The predicted molar refractivity (Wildman–Crippen MR) is 82.4 cm³/mol. The SMILES string of the molecule is Cc1ccc(NC(C)c2ccc(C(F)(F)F)cc2)cc1Br. The maximum absolute atomic E-state index is 12.5. The average Bonchev–Trinajstić information content (AvgIpc) is 2.42. The van der Waals surface area contributed by atoms with Crippen molar-refractivity contribution in [1.29, 1.82) is 0 Å². The third kappa shape index (κ3) is 4.00. The molecule has 0 aromatic heterocycles. The van der Waals surface area contributed by atoms with Crippen LogP contribution in [0.25, 0.3) is 0 Å². The third-order valence-electron chi connectivity index (χ3n) is 3.29. The van der Waals surface area contributed by atoms with Crippen molar-refractivity contribution >= 4 is 21.6 Å². The minimum absolute atomic E-state index is 0.0816. The zero-order valence-electron chi connectivity index (χ0n) is 11.6. The minimum Gasteiger partial charge on any atom is -0.378 e. The molecule has 112 valence electrons. The van der Waals surface area contributed by atoms with Crippen LogP contribution in [0, 0.1) is 6.92 Å². The van der Waals surface area contributed by atoms with Crippen LogP contribution < -0.4 is 5.32 Å². The molecule has 0 aliphatic rings. The summed E-state index contributed by atoms with van der Waals surface area (Å²) in [4.78, 5) is 0. The van der Waals surface area contributed by atoms with E-state index in [1.165, 1.54) is 12.1 Å².